The summed E-state index contributed by atoms with van der Waals surface area (Å²) in [6, 6.07) is 0. The minimum absolute atomic E-state index is 0.0273. The van der Waals surface area contributed by atoms with Crippen LogP contribution in [-0.4, -0.2) is 38.9 Å². The highest BCUT2D eigenvalue weighted by atomic mass is 32.3. The van der Waals surface area contributed by atoms with Gasteiger partial charge in [-0.1, -0.05) is 0 Å². The summed E-state index contributed by atoms with van der Waals surface area (Å²) in [5, 5.41) is 0.0273. The fraction of sp³-hybridized carbons (Fsp3) is 0.667. The summed E-state index contributed by atoms with van der Waals surface area (Å²) in [5.74, 6) is 0. The van der Waals surface area contributed by atoms with Crippen molar-refractivity contribution in [3.8, 4) is 0 Å². The van der Waals surface area contributed by atoms with E-state index in [1.807, 2.05) is 7.05 Å². The molecule has 7 nitrogen and oxygen atoms in total. The van der Waals surface area contributed by atoms with Crippen molar-refractivity contribution in [2.24, 2.45) is 7.05 Å². The molecule has 1 aromatic heterocycles. The molecule has 0 spiro atoms. The fourth-order valence-electron chi connectivity index (χ4n) is 1.85. The molecule has 1 aromatic rings. The average molecular weight is 294 g/mol. The van der Waals surface area contributed by atoms with Crippen LogP contribution in [0.1, 0.15) is 19.3 Å². The van der Waals surface area contributed by atoms with E-state index in [9.17, 15) is 0 Å². The molecule has 0 saturated carbocycles. The van der Waals surface area contributed by atoms with E-state index < -0.39 is 10.4 Å². The Morgan fingerprint density at radius 1 is 1.56 bits per heavy atom. The number of hydrogen-bond donors (Lipinski definition) is 1. The van der Waals surface area contributed by atoms with E-state index in [0.29, 0.717) is 0 Å². The highest BCUT2D eigenvalue weighted by Crippen LogP contribution is 2.20. The van der Waals surface area contributed by atoms with Gasteiger partial charge in [0.05, 0.1) is 23.9 Å². The molecule has 1 atom stereocenters. The lowest BCUT2D eigenvalue weighted by Crippen LogP contribution is -2.58. The molecule has 2 rings (SSSR count). The lowest BCUT2D eigenvalue weighted by atomic mass is 10.2. The number of imidazole rings is 1. The van der Waals surface area contributed by atoms with Crippen LogP contribution in [0.15, 0.2) is 18.7 Å². The van der Waals surface area contributed by atoms with Crippen LogP contribution < -0.4 is 4.57 Å². The van der Waals surface area contributed by atoms with E-state index in [4.69, 9.17) is 22.3 Å². The highest BCUT2D eigenvalue weighted by Gasteiger charge is 2.33. The number of hydrogen-bond acceptors (Lipinski definition) is 4. The molecule has 2 heterocycles. The van der Waals surface area contributed by atoms with E-state index in [0.717, 1.165) is 16.8 Å². The van der Waals surface area contributed by atoms with E-state index in [2.05, 4.69) is 27.9 Å². The van der Waals surface area contributed by atoms with Gasteiger partial charge in [0.1, 0.15) is 12.4 Å². The quantitative estimate of drug-likeness (QED) is 0.294. The Bertz CT molecular complexity index is 473. The lowest BCUT2D eigenvalue weighted by Gasteiger charge is -2.30. The van der Waals surface area contributed by atoms with Crippen LogP contribution in [0.2, 0.25) is 0 Å². The fourth-order valence-corrected chi connectivity index (χ4v) is 2.68. The molecule has 0 aromatic carbocycles. The first-order chi connectivity index (χ1) is 8.21. The molecule has 1 aliphatic rings. The van der Waals surface area contributed by atoms with E-state index in [-0.39, 0.29) is 5.35 Å². The third-order valence-corrected chi connectivity index (χ3v) is 4.07. The van der Waals surface area contributed by atoms with Gasteiger partial charge in [0, 0.05) is 6.42 Å². The molecule has 0 radical (unpaired) electrons. The summed E-state index contributed by atoms with van der Waals surface area (Å²) < 4.78 is 43.0. The largest absolute Gasteiger partial charge is 0.726 e. The highest BCUT2D eigenvalue weighted by molar-refractivity contribution is 7.79. The Morgan fingerprint density at radius 3 is 2.56 bits per heavy atom. The number of ether oxygens (including phenoxy) is 1. The monoisotopic (exact) mass is 294 g/mol. The molecule has 1 fully saturated rings. The van der Waals surface area contributed by atoms with Crippen LogP contribution in [0, 0.1) is 0 Å². The predicted molar refractivity (Wildman–Crippen MR) is 65.7 cm³/mol. The van der Waals surface area contributed by atoms with Crippen LogP contribution in [0.3, 0.4) is 0 Å². The maximum Gasteiger partial charge on any atom is 0.245 e. The lowest BCUT2D eigenvalue weighted by molar-refractivity contribution is -0.786. The summed E-state index contributed by atoms with van der Waals surface area (Å²) >= 11 is 0. The smallest absolute Gasteiger partial charge is 0.245 e. The van der Waals surface area contributed by atoms with Crippen molar-refractivity contribution in [3.05, 3.63) is 18.7 Å². The van der Waals surface area contributed by atoms with Crippen LogP contribution >= 0.6 is 0 Å². The van der Waals surface area contributed by atoms with Gasteiger partial charge in [0.25, 0.3) is 0 Å². The number of nitrogens with zero attached hydrogens (tertiary/aromatic N) is 2. The van der Waals surface area contributed by atoms with Crippen molar-refractivity contribution < 1.29 is 26.8 Å². The Balaban J connectivity index is 0.000000280. The number of rotatable bonds is 1. The minimum atomic E-state index is -4.92. The van der Waals surface area contributed by atoms with Gasteiger partial charge in [0.15, 0.2) is 5.35 Å². The van der Waals surface area contributed by atoms with Gasteiger partial charge in [-0.2, -0.15) is 0 Å². The molecule has 9 heteroatoms. The van der Waals surface area contributed by atoms with Crippen molar-refractivity contribution in [2.75, 3.05) is 6.61 Å². The second-order valence-electron chi connectivity index (χ2n) is 4.39. The van der Waals surface area contributed by atoms with Gasteiger partial charge in [-0.3, -0.25) is 4.55 Å². The number of aromatic nitrogens is 2. The molecule has 1 N–H and O–H groups in total. The van der Waals surface area contributed by atoms with Crippen LogP contribution in [0.4, 0.5) is 0 Å². The molecular formula is C9H18N2O5SSi. The van der Waals surface area contributed by atoms with Gasteiger partial charge >= 0.3 is 0 Å². The summed E-state index contributed by atoms with van der Waals surface area (Å²) in [6.45, 7) is 0.922. The van der Waals surface area contributed by atoms with E-state index in [1.165, 1.54) is 19.3 Å². The first kappa shape index (κ1) is 15.3. The second kappa shape index (κ2) is 5.93. The Hall–Kier alpha value is -0.743. The maximum absolute atomic E-state index is 8.63. The summed E-state index contributed by atoms with van der Waals surface area (Å²) in [6.07, 6.45) is 9.98. The summed E-state index contributed by atoms with van der Waals surface area (Å²) in [4.78, 5) is 0. The Morgan fingerprint density at radius 2 is 2.17 bits per heavy atom. The second-order valence-corrected chi connectivity index (χ2v) is 6.81. The first-order valence-electron chi connectivity index (χ1n) is 5.57. The van der Waals surface area contributed by atoms with Gasteiger partial charge in [-0.25, -0.2) is 17.6 Å². The Labute approximate surface area is 109 Å². The van der Waals surface area contributed by atoms with Crippen molar-refractivity contribution >= 4 is 20.6 Å². The normalized spacial score (nSPS) is 24.4. The summed E-state index contributed by atoms with van der Waals surface area (Å²) in [5.41, 5.74) is 0. The number of aryl methyl sites for hydroxylation is 1. The van der Waals surface area contributed by atoms with Gasteiger partial charge in [-0.05, 0) is 12.8 Å². The van der Waals surface area contributed by atoms with Gasteiger partial charge < -0.3 is 9.29 Å². The van der Waals surface area contributed by atoms with Crippen LogP contribution in [0.25, 0.3) is 0 Å². The maximum atomic E-state index is 8.63. The zero-order valence-electron chi connectivity index (χ0n) is 10.4. The molecule has 18 heavy (non-hydrogen) atoms. The molecule has 0 aliphatic carbocycles. The molecule has 0 amide bonds. The van der Waals surface area contributed by atoms with Crippen LogP contribution in [-0.2, 0) is 27.5 Å². The molecular weight excluding hydrogens is 276 g/mol. The van der Waals surface area contributed by atoms with Crippen LogP contribution in [0.5, 0.6) is 0 Å². The molecule has 104 valence electrons. The van der Waals surface area contributed by atoms with E-state index in [1.54, 1.807) is 0 Å². The SMILES string of the molecule is Cn1cc[n+](C2([SiH3])CCCCO2)c1.O=S(=O)([O-])O. The first-order valence-corrected chi connectivity index (χ1v) is 7.93. The Kier molecular flexibility index (Phi) is 5.05. The third kappa shape index (κ3) is 5.27. The predicted octanol–water partition coefficient (Wildman–Crippen LogP) is -1.51. The standard InChI is InChI=1S/C9H17N2OSi.H2O4S/c1-10-5-6-11(8-10)9(13)4-2-3-7-12-9;1-5(2,3)4/h5-6,8H,2-4,7H2,1,13H3;(H2,1,2,3,4)/q+1;/p-1. The molecule has 1 unspecified atom stereocenters. The molecule has 1 aliphatic heterocycles. The van der Waals surface area contributed by atoms with Crippen molar-refractivity contribution in [1.29, 1.82) is 0 Å². The van der Waals surface area contributed by atoms with Crippen molar-refractivity contribution in [3.63, 3.8) is 0 Å². The van der Waals surface area contributed by atoms with E-state index >= 15 is 0 Å². The topological polar surface area (TPSA) is 95.5 Å². The van der Waals surface area contributed by atoms with Gasteiger partial charge in [-0.15, -0.1) is 0 Å². The molecule has 0 bridgehead atoms. The van der Waals surface area contributed by atoms with Crippen molar-refractivity contribution in [1.82, 2.24) is 4.57 Å². The van der Waals surface area contributed by atoms with Gasteiger partial charge in [0.2, 0.25) is 16.7 Å². The summed E-state index contributed by atoms with van der Waals surface area (Å²) in [7, 11) is -1.81. The zero-order valence-corrected chi connectivity index (χ0v) is 13.3. The average Bonchev–Trinajstić information content (AvgIpc) is 2.64. The zero-order chi connectivity index (χ0) is 13.8. The molecule has 1 saturated heterocycles. The minimum Gasteiger partial charge on any atom is -0.726 e. The van der Waals surface area contributed by atoms with Crippen molar-refractivity contribution in [2.45, 2.75) is 24.6 Å². The third-order valence-electron chi connectivity index (χ3n) is 2.76.